The topological polar surface area (TPSA) is 37.4 Å². The number of nitrogens with zero attached hydrogens (tertiary/aromatic N) is 1. The second-order valence-corrected chi connectivity index (χ2v) is 9.57. The lowest BCUT2D eigenvalue weighted by atomic mass is 9.85. The number of unbranched alkanes of at least 4 members (excludes halogenated alkanes) is 3. The number of fused-ring (bicyclic) bond motifs is 2. The Morgan fingerprint density at radius 2 is 1.25 bits per heavy atom. The van der Waals surface area contributed by atoms with Crippen molar-refractivity contribution >= 4 is 70.8 Å². The van der Waals surface area contributed by atoms with Crippen LogP contribution in [0.5, 0.6) is 0 Å². The molecule has 3 nitrogen and oxygen atoms in total. The molecule has 0 radical (unpaired) electrons. The Morgan fingerprint density at radius 1 is 0.656 bits per heavy atom. The lowest BCUT2D eigenvalue weighted by molar-refractivity contribution is 0.0608. The van der Waals surface area contributed by atoms with E-state index in [9.17, 15) is 9.59 Å². The highest BCUT2D eigenvalue weighted by Gasteiger charge is 2.33. The zero-order valence-electron chi connectivity index (χ0n) is 17.9. The van der Waals surface area contributed by atoms with Crippen molar-refractivity contribution in [1.82, 2.24) is 4.90 Å². The zero-order chi connectivity index (χ0) is 22.0. The number of halogens is 1. The first kappa shape index (κ1) is 19.7. The predicted octanol–water partition coefficient (Wildman–Crippen LogP) is 7.68. The Hall–Kier alpha value is -2.98. The summed E-state index contributed by atoms with van der Waals surface area (Å²) >= 11 is 3.70. The highest BCUT2D eigenvalue weighted by Crippen LogP contribution is 2.44. The van der Waals surface area contributed by atoms with E-state index in [0.29, 0.717) is 17.7 Å². The van der Waals surface area contributed by atoms with Gasteiger partial charge in [0.05, 0.1) is 0 Å². The Labute approximate surface area is 194 Å². The molecule has 5 aromatic carbocycles. The molecule has 0 aromatic heterocycles. The van der Waals surface area contributed by atoms with E-state index < -0.39 is 0 Å². The normalized spacial score (nSPS) is 14.0. The molecule has 0 N–H and O–H groups in total. The van der Waals surface area contributed by atoms with E-state index in [1.165, 1.54) is 15.7 Å². The summed E-state index contributed by atoms with van der Waals surface area (Å²) in [5, 5.41) is 8.70. The summed E-state index contributed by atoms with van der Waals surface area (Å²) in [5.74, 6) is -0.329. The summed E-state index contributed by atoms with van der Waals surface area (Å²) in [6.45, 7) is 2.64. The Bertz CT molecular complexity index is 1500. The molecule has 0 spiro atoms. The van der Waals surface area contributed by atoms with Crippen LogP contribution in [0.4, 0.5) is 0 Å². The van der Waals surface area contributed by atoms with Gasteiger partial charge in [-0.3, -0.25) is 14.5 Å². The van der Waals surface area contributed by atoms with Crippen LogP contribution in [0.15, 0.2) is 59.1 Å². The fourth-order valence-electron chi connectivity index (χ4n) is 5.40. The average molecular weight is 484 g/mol. The van der Waals surface area contributed by atoms with Crippen LogP contribution in [0.3, 0.4) is 0 Å². The lowest BCUT2D eigenvalue weighted by Gasteiger charge is -2.28. The van der Waals surface area contributed by atoms with Gasteiger partial charge in [-0.05, 0) is 62.3 Å². The van der Waals surface area contributed by atoms with Gasteiger partial charge in [-0.2, -0.15) is 0 Å². The van der Waals surface area contributed by atoms with E-state index in [0.717, 1.165) is 62.5 Å². The van der Waals surface area contributed by atoms with Gasteiger partial charge in [-0.25, -0.2) is 0 Å². The van der Waals surface area contributed by atoms with Gasteiger partial charge in [-0.15, -0.1) is 0 Å². The number of amides is 2. The van der Waals surface area contributed by atoms with E-state index in [-0.39, 0.29) is 11.8 Å². The minimum absolute atomic E-state index is 0.164. The lowest BCUT2D eigenvalue weighted by Crippen LogP contribution is -2.40. The monoisotopic (exact) mass is 483 g/mol. The van der Waals surface area contributed by atoms with Gasteiger partial charge in [-0.1, -0.05) is 78.5 Å². The largest absolute Gasteiger partial charge is 0.274 e. The van der Waals surface area contributed by atoms with Crippen molar-refractivity contribution in [2.45, 2.75) is 32.6 Å². The second-order valence-electron chi connectivity index (χ2n) is 8.72. The number of hydrogen-bond donors (Lipinski definition) is 0. The van der Waals surface area contributed by atoms with Gasteiger partial charge in [0, 0.05) is 27.5 Å². The van der Waals surface area contributed by atoms with Crippen LogP contribution in [0.1, 0.15) is 53.3 Å². The number of hydrogen-bond acceptors (Lipinski definition) is 2. The number of carbonyl (C=O) groups is 2. The van der Waals surface area contributed by atoms with Gasteiger partial charge >= 0.3 is 0 Å². The standard InChI is InChI=1S/C28H22BrNO2/c1-2-3-4-5-15-30-27(31)21-11-9-18-16-7-6-8-20-23(29)14-13-17(24(16)20)19-10-12-22(28(30)32)26(21)25(18)19/h6-14H,2-5,15H2,1H3. The molecule has 0 saturated heterocycles. The van der Waals surface area contributed by atoms with E-state index in [4.69, 9.17) is 0 Å². The van der Waals surface area contributed by atoms with Crippen molar-refractivity contribution in [2.75, 3.05) is 6.54 Å². The molecular weight excluding hydrogens is 462 g/mol. The van der Waals surface area contributed by atoms with Gasteiger partial charge in [0.15, 0.2) is 0 Å². The van der Waals surface area contributed by atoms with E-state index >= 15 is 0 Å². The fraction of sp³-hybridized carbons (Fsp3) is 0.214. The number of rotatable bonds is 5. The molecule has 4 heteroatoms. The molecular formula is C28H22BrNO2. The second kappa shape index (κ2) is 7.28. The molecule has 0 aliphatic carbocycles. The molecule has 1 heterocycles. The summed E-state index contributed by atoms with van der Waals surface area (Å²) in [6, 6.07) is 18.5. The summed E-state index contributed by atoms with van der Waals surface area (Å²) in [7, 11) is 0. The van der Waals surface area contributed by atoms with Crippen molar-refractivity contribution in [2.24, 2.45) is 0 Å². The average Bonchev–Trinajstić information content (AvgIpc) is 2.81. The molecule has 5 aromatic rings. The van der Waals surface area contributed by atoms with Crippen molar-refractivity contribution in [1.29, 1.82) is 0 Å². The first-order valence-corrected chi connectivity index (χ1v) is 12.1. The zero-order valence-corrected chi connectivity index (χ0v) is 19.5. The van der Waals surface area contributed by atoms with E-state index in [1.807, 2.05) is 12.1 Å². The minimum Gasteiger partial charge on any atom is -0.274 e. The maximum atomic E-state index is 13.4. The maximum Gasteiger partial charge on any atom is 0.261 e. The highest BCUT2D eigenvalue weighted by atomic mass is 79.9. The van der Waals surface area contributed by atoms with Crippen molar-refractivity contribution in [3.8, 4) is 0 Å². The molecule has 0 bridgehead atoms. The molecule has 158 valence electrons. The molecule has 0 fully saturated rings. The van der Waals surface area contributed by atoms with Gasteiger partial charge in [0.1, 0.15) is 0 Å². The fourth-order valence-corrected chi connectivity index (χ4v) is 5.87. The third-order valence-electron chi connectivity index (χ3n) is 6.91. The molecule has 1 aliphatic heterocycles. The Kier molecular flexibility index (Phi) is 4.48. The summed E-state index contributed by atoms with van der Waals surface area (Å²) in [4.78, 5) is 28.2. The van der Waals surface area contributed by atoms with E-state index in [2.05, 4.69) is 65.3 Å². The third kappa shape index (κ3) is 2.59. The van der Waals surface area contributed by atoms with Crippen LogP contribution in [0.2, 0.25) is 0 Å². The van der Waals surface area contributed by atoms with Gasteiger partial charge in [0.2, 0.25) is 0 Å². The van der Waals surface area contributed by atoms with E-state index in [1.54, 1.807) is 0 Å². The summed E-state index contributed by atoms with van der Waals surface area (Å²) < 4.78 is 1.07. The number of benzene rings is 5. The quantitative estimate of drug-likeness (QED) is 0.111. The van der Waals surface area contributed by atoms with Gasteiger partial charge in [0.25, 0.3) is 11.8 Å². The van der Waals surface area contributed by atoms with Gasteiger partial charge < -0.3 is 0 Å². The molecule has 0 unspecified atom stereocenters. The molecule has 6 rings (SSSR count). The molecule has 0 saturated carbocycles. The third-order valence-corrected chi connectivity index (χ3v) is 7.61. The van der Waals surface area contributed by atoms with Crippen LogP contribution >= 0.6 is 15.9 Å². The van der Waals surface area contributed by atoms with Crippen molar-refractivity contribution < 1.29 is 9.59 Å². The molecule has 2 amide bonds. The van der Waals surface area contributed by atoms with Crippen LogP contribution in [-0.4, -0.2) is 23.3 Å². The highest BCUT2D eigenvalue weighted by molar-refractivity contribution is 9.10. The van der Waals surface area contributed by atoms with Crippen molar-refractivity contribution in [3.05, 3.63) is 70.2 Å². The maximum absolute atomic E-state index is 13.4. The number of carbonyl (C=O) groups excluding carboxylic acids is 2. The summed E-state index contributed by atoms with van der Waals surface area (Å²) in [6.07, 6.45) is 4.13. The smallest absolute Gasteiger partial charge is 0.261 e. The first-order chi connectivity index (χ1) is 15.6. The Morgan fingerprint density at radius 3 is 1.94 bits per heavy atom. The molecule has 1 aliphatic rings. The predicted molar refractivity (Wildman–Crippen MR) is 135 cm³/mol. The SMILES string of the molecule is CCCCCCN1C(=O)c2ccc3c4cccc5c(Br)ccc(c6ccc(c2c36)C1=O)c54. The first-order valence-electron chi connectivity index (χ1n) is 11.3. The van der Waals surface area contributed by atoms with Crippen LogP contribution in [0.25, 0.3) is 43.1 Å². The molecule has 32 heavy (non-hydrogen) atoms. The van der Waals surface area contributed by atoms with Crippen molar-refractivity contribution in [3.63, 3.8) is 0 Å². The van der Waals surface area contributed by atoms with Crippen LogP contribution in [0, 0.1) is 0 Å². The summed E-state index contributed by atoms with van der Waals surface area (Å²) in [5.41, 5.74) is 1.28. The minimum atomic E-state index is -0.164. The van der Waals surface area contributed by atoms with Crippen LogP contribution < -0.4 is 0 Å². The number of imide groups is 1. The molecule has 0 atom stereocenters. The van der Waals surface area contributed by atoms with Crippen LogP contribution in [-0.2, 0) is 0 Å². The Balaban J connectivity index is 1.64.